The van der Waals surface area contributed by atoms with Crippen molar-refractivity contribution in [1.82, 2.24) is 0 Å². The minimum absolute atomic E-state index is 0.0542. The summed E-state index contributed by atoms with van der Waals surface area (Å²) in [5.74, 6) is -1.51. The fraction of sp³-hybridized carbons (Fsp3) is 0.438. The molecule has 1 unspecified atom stereocenters. The molecule has 0 aromatic heterocycles. The zero-order valence-corrected chi connectivity index (χ0v) is 12.2. The molecule has 1 aromatic carbocycles. The first kappa shape index (κ1) is 16.6. The highest BCUT2D eigenvalue weighted by Crippen LogP contribution is 2.31. The molecule has 0 saturated carbocycles. The molecule has 120 valence electrons. The van der Waals surface area contributed by atoms with Gasteiger partial charge >= 0.3 is 5.97 Å². The summed E-state index contributed by atoms with van der Waals surface area (Å²) in [5.41, 5.74) is 1.03. The van der Waals surface area contributed by atoms with Gasteiger partial charge in [-0.05, 0) is 24.1 Å². The summed E-state index contributed by atoms with van der Waals surface area (Å²) in [5, 5.41) is 18.9. The molecule has 4 atom stereocenters. The van der Waals surface area contributed by atoms with Crippen LogP contribution in [0.2, 0.25) is 0 Å². The fourth-order valence-corrected chi connectivity index (χ4v) is 2.32. The van der Waals surface area contributed by atoms with Crippen LogP contribution in [-0.2, 0) is 14.3 Å². The number of rotatable bonds is 5. The zero-order chi connectivity index (χ0) is 16.3. The number of carboxylic acid groups (broad SMARTS) is 1. The molecule has 2 rings (SSSR count). The van der Waals surface area contributed by atoms with Gasteiger partial charge in [0.1, 0.15) is 5.82 Å². The van der Waals surface area contributed by atoms with Gasteiger partial charge in [0.15, 0.2) is 12.4 Å². The molecule has 0 amide bonds. The van der Waals surface area contributed by atoms with E-state index in [-0.39, 0.29) is 17.8 Å². The Labute approximate surface area is 128 Å². The van der Waals surface area contributed by atoms with Crippen molar-refractivity contribution in [2.75, 3.05) is 0 Å². The molecule has 1 saturated heterocycles. The van der Waals surface area contributed by atoms with Crippen LogP contribution in [0.25, 0.3) is 0 Å². The highest BCUT2D eigenvalue weighted by Gasteiger charge is 2.37. The van der Waals surface area contributed by atoms with Crippen molar-refractivity contribution in [2.24, 2.45) is 0 Å². The van der Waals surface area contributed by atoms with Crippen LogP contribution in [-0.4, -0.2) is 34.7 Å². The lowest BCUT2D eigenvalue weighted by Crippen LogP contribution is -2.43. The van der Waals surface area contributed by atoms with Crippen LogP contribution in [0.1, 0.15) is 31.4 Å². The number of carbonyl (C=O) groups is 1. The van der Waals surface area contributed by atoms with Crippen molar-refractivity contribution in [2.45, 2.75) is 44.4 Å². The summed E-state index contributed by atoms with van der Waals surface area (Å²) in [6.45, 7) is 5.59. The van der Waals surface area contributed by atoms with E-state index in [1.165, 1.54) is 12.1 Å². The Hall–Kier alpha value is -1.76. The van der Waals surface area contributed by atoms with E-state index in [1.54, 1.807) is 12.1 Å². The average Bonchev–Trinajstić information content (AvgIpc) is 2.49. The van der Waals surface area contributed by atoms with Gasteiger partial charge in [-0.25, -0.2) is 9.18 Å². The number of hydrogen-bond acceptors (Lipinski definition) is 4. The van der Waals surface area contributed by atoms with Crippen molar-refractivity contribution < 1.29 is 28.9 Å². The molecule has 1 aliphatic rings. The van der Waals surface area contributed by atoms with Crippen LogP contribution in [0.3, 0.4) is 0 Å². The first-order valence-corrected chi connectivity index (χ1v) is 7.08. The van der Waals surface area contributed by atoms with Gasteiger partial charge in [-0.2, -0.15) is 0 Å². The molecule has 2 N–H and O–H groups in total. The van der Waals surface area contributed by atoms with Crippen LogP contribution in [0, 0.1) is 5.82 Å². The maximum Gasteiger partial charge on any atom is 0.333 e. The van der Waals surface area contributed by atoms with Crippen molar-refractivity contribution >= 4 is 5.97 Å². The predicted octanol–water partition coefficient (Wildman–Crippen LogP) is 2.41. The first-order valence-electron chi connectivity index (χ1n) is 7.08. The van der Waals surface area contributed by atoms with E-state index in [1.807, 2.05) is 6.92 Å². The Kier molecular flexibility index (Phi) is 5.28. The number of aliphatic hydroxyl groups excluding tert-OH is 1. The molecular formula is C16H19FO5. The Morgan fingerprint density at radius 1 is 1.50 bits per heavy atom. The van der Waals surface area contributed by atoms with Gasteiger partial charge in [0.2, 0.25) is 0 Å². The van der Waals surface area contributed by atoms with Crippen LogP contribution >= 0.6 is 0 Å². The smallest absolute Gasteiger partial charge is 0.333 e. The van der Waals surface area contributed by atoms with E-state index in [2.05, 4.69) is 6.58 Å². The first-order chi connectivity index (χ1) is 10.4. The van der Waals surface area contributed by atoms with Gasteiger partial charge in [-0.1, -0.05) is 25.6 Å². The minimum atomic E-state index is -1.16. The third-order valence-electron chi connectivity index (χ3n) is 3.63. The largest absolute Gasteiger partial charge is 0.479 e. The van der Waals surface area contributed by atoms with E-state index < -0.39 is 30.6 Å². The monoisotopic (exact) mass is 310 g/mol. The SMILES string of the molecule is C=C1C(O[C@@H](CC)c2ccc(F)cc2)O[C@H](C(=O)O)C[C@@H]1O. The van der Waals surface area contributed by atoms with Gasteiger partial charge in [0.25, 0.3) is 0 Å². The van der Waals surface area contributed by atoms with E-state index >= 15 is 0 Å². The van der Waals surface area contributed by atoms with Crippen molar-refractivity contribution in [3.8, 4) is 0 Å². The van der Waals surface area contributed by atoms with Crippen molar-refractivity contribution in [1.29, 1.82) is 0 Å². The van der Waals surface area contributed by atoms with Gasteiger partial charge in [0.05, 0.1) is 12.2 Å². The van der Waals surface area contributed by atoms with E-state index in [9.17, 15) is 14.3 Å². The number of carboxylic acids is 1. The van der Waals surface area contributed by atoms with E-state index in [0.717, 1.165) is 5.56 Å². The van der Waals surface area contributed by atoms with E-state index in [0.29, 0.717) is 6.42 Å². The van der Waals surface area contributed by atoms with Crippen LogP contribution in [0.5, 0.6) is 0 Å². The lowest BCUT2D eigenvalue weighted by atomic mass is 10.0. The number of halogens is 1. The molecule has 1 fully saturated rings. The lowest BCUT2D eigenvalue weighted by Gasteiger charge is -2.35. The second kappa shape index (κ2) is 7.00. The minimum Gasteiger partial charge on any atom is -0.479 e. The Morgan fingerprint density at radius 3 is 2.68 bits per heavy atom. The van der Waals surface area contributed by atoms with Crippen molar-refractivity contribution in [3.63, 3.8) is 0 Å². The standard InChI is InChI=1S/C16H19FO5/c1-3-13(10-4-6-11(17)7-5-10)21-16-9(2)12(18)8-14(22-16)15(19)20/h4-7,12-14,16,18H,2-3,8H2,1H3,(H,19,20)/t12-,13-,14-,16?/m0/s1. The molecule has 0 radical (unpaired) electrons. The molecule has 1 heterocycles. The third-order valence-corrected chi connectivity index (χ3v) is 3.63. The summed E-state index contributed by atoms with van der Waals surface area (Å²) in [6.07, 6.45) is -3.04. The molecule has 6 heteroatoms. The highest BCUT2D eigenvalue weighted by molar-refractivity contribution is 5.72. The number of aliphatic carboxylic acids is 1. The maximum atomic E-state index is 13.0. The molecule has 5 nitrogen and oxygen atoms in total. The fourth-order valence-electron chi connectivity index (χ4n) is 2.32. The molecule has 22 heavy (non-hydrogen) atoms. The average molecular weight is 310 g/mol. The normalized spacial score (nSPS) is 26.7. The molecule has 1 aliphatic heterocycles. The van der Waals surface area contributed by atoms with Crippen LogP contribution < -0.4 is 0 Å². The van der Waals surface area contributed by atoms with E-state index in [4.69, 9.17) is 14.6 Å². The summed E-state index contributed by atoms with van der Waals surface area (Å²) < 4.78 is 24.1. The molecular weight excluding hydrogens is 291 g/mol. The number of aliphatic hydroxyl groups is 1. The summed E-state index contributed by atoms with van der Waals surface area (Å²) in [7, 11) is 0. The van der Waals surface area contributed by atoms with Gasteiger partial charge in [0, 0.05) is 12.0 Å². The Bertz CT molecular complexity index is 542. The number of benzene rings is 1. The summed E-state index contributed by atoms with van der Waals surface area (Å²) >= 11 is 0. The third kappa shape index (κ3) is 3.71. The second-order valence-electron chi connectivity index (χ2n) is 5.21. The molecule has 0 aliphatic carbocycles. The van der Waals surface area contributed by atoms with Crippen molar-refractivity contribution in [3.05, 3.63) is 47.8 Å². The molecule has 0 bridgehead atoms. The molecule has 1 aromatic rings. The topological polar surface area (TPSA) is 76.0 Å². The van der Waals surface area contributed by atoms with Crippen LogP contribution in [0.4, 0.5) is 4.39 Å². The highest BCUT2D eigenvalue weighted by atomic mass is 19.1. The number of hydrogen-bond donors (Lipinski definition) is 2. The Morgan fingerprint density at radius 2 is 2.14 bits per heavy atom. The van der Waals surface area contributed by atoms with Gasteiger partial charge < -0.3 is 19.7 Å². The van der Waals surface area contributed by atoms with Gasteiger partial charge in [-0.3, -0.25) is 0 Å². The number of ether oxygens (including phenoxy) is 2. The lowest BCUT2D eigenvalue weighted by molar-refractivity contribution is -0.212. The zero-order valence-electron chi connectivity index (χ0n) is 12.2. The quantitative estimate of drug-likeness (QED) is 0.817. The van der Waals surface area contributed by atoms with Crippen LogP contribution in [0.15, 0.2) is 36.4 Å². The molecule has 0 spiro atoms. The second-order valence-corrected chi connectivity index (χ2v) is 5.21. The summed E-state index contributed by atoms with van der Waals surface area (Å²) in [6, 6.07) is 5.85. The summed E-state index contributed by atoms with van der Waals surface area (Å²) in [4.78, 5) is 11.1. The van der Waals surface area contributed by atoms with Gasteiger partial charge in [-0.15, -0.1) is 0 Å². The maximum absolute atomic E-state index is 13.0. The predicted molar refractivity (Wildman–Crippen MR) is 76.6 cm³/mol. The Balaban J connectivity index is 2.13.